The Labute approximate surface area is 191 Å². The minimum atomic E-state index is -0.988. The summed E-state index contributed by atoms with van der Waals surface area (Å²) >= 11 is 2.68. The number of benzene rings is 2. The van der Waals surface area contributed by atoms with Gasteiger partial charge < -0.3 is 14.8 Å². The number of H-pyrrole nitrogens is 1. The average Bonchev–Trinajstić information content (AvgIpc) is 3.56. The van der Waals surface area contributed by atoms with Crippen molar-refractivity contribution in [3.63, 3.8) is 0 Å². The number of para-hydroxylation sites is 1. The molecular formula is C22H19N5O3S2. The molecule has 0 spiro atoms. The largest absolute Gasteiger partial charge is 0.497 e. The molecule has 2 atom stereocenters. The molecule has 10 heteroatoms. The van der Waals surface area contributed by atoms with E-state index in [1.54, 1.807) is 12.6 Å². The van der Waals surface area contributed by atoms with Crippen molar-refractivity contribution in [1.29, 1.82) is 0 Å². The molecule has 0 radical (unpaired) electrons. The SMILES string of the molecule is COc1ccc([C@H]2[C@@H](O)C(c3c[nH]c4ccccc34)=NN2C(=O)CSc2nncs2)cc1. The fourth-order valence-electron chi connectivity index (χ4n) is 3.77. The molecule has 1 aliphatic rings. The van der Waals surface area contributed by atoms with Gasteiger partial charge >= 0.3 is 0 Å². The monoisotopic (exact) mass is 465 g/mol. The van der Waals surface area contributed by atoms with E-state index in [9.17, 15) is 9.90 Å². The number of rotatable bonds is 6. The molecule has 162 valence electrons. The van der Waals surface area contributed by atoms with Crippen molar-refractivity contribution < 1.29 is 14.6 Å². The molecule has 5 rings (SSSR count). The summed E-state index contributed by atoms with van der Waals surface area (Å²) in [6.07, 6.45) is 0.833. The zero-order chi connectivity index (χ0) is 22.1. The Morgan fingerprint density at radius 2 is 2.06 bits per heavy atom. The summed E-state index contributed by atoms with van der Waals surface area (Å²) in [5.74, 6) is 0.614. The summed E-state index contributed by atoms with van der Waals surface area (Å²) in [5.41, 5.74) is 4.57. The Bertz CT molecular complexity index is 1270. The smallest absolute Gasteiger partial charge is 0.253 e. The third kappa shape index (κ3) is 3.77. The van der Waals surface area contributed by atoms with Crippen molar-refractivity contribution in [2.45, 2.75) is 16.5 Å². The van der Waals surface area contributed by atoms with Gasteiger partial charge in [0.05, 0.1) is 12.9 Å². The Morgan fingerprint density at radius 1 is 1.25 bits per heavy atom. The van der Waals surface area contributed by atoms with Crippen molar-refractivity contribution in [2.24, 2.45) is 5.10 Å². The second kappa shape index (κ2) is 8.73. The Balaban J connectivity index is 1.51. The number of carbonyl (C=O) groups is 1. The first-order valence-corrected chi connectivity index (χ1v) is 11.7. The molecule has 4 aromatic rings. The van der Waals surface area contributed by atoms with E-state index in [2.05, 4.69) is 20.3 Å². The van der Waals surface area contributed by atoms with Gasteiger partial charge in [-0.05, 0) is 23.8 Å². The fourth-order valence-corrected chi connectivity index (χ4v) is 5.11. The molecule has 0 fully saturated rings. The van der Waals surface area contributed by atoms with Gasteiger partial charge in [-0.2, -0.15) is 5.10 Å². The normalized spacial score (nSPS) is 18.2. The molecule has 0 unspecified atom stereocenters. The molecule has 2 N–H and O–H groups in total. The lowest BCUT2D eigenvalue weighted by Gasteiger charge is -2.24. The number of aromatic nitrogens is 3. The number of thioether (sulfide) groups is 1. The van der Waals surface area contributed by atoms with Crippen LogP contribution in [0.2, 0.25) is 0 Å². The Morgan fingerprint density at radius 3 is 2.81 bits per heavy atom. The molecule has 0 saturated carbocycles. The molecule has 0 saturated heterocycles. The van der Waals surface area contributed by atoms with Crippen LogP contribution in [0.4, 0.5) is 0 Å². The van der Waals surface area contributed by atoms with Crippen LogP contribution in [0.1, 0.15) is 17.2 Å². The van der Waals surface area contributed by atoms with Crippen molar-refractivity contribution in [2.75, 3.05) is 12.9 Å². The van der Waals surface area contributed by atoms with Gasteiger partial charge in [0.15, 0.2) is 4.34 Å². The van der Waals surface area contributed by atoms with E-state index >= 15 is 0 Å². The second-order valence-corrected chi connectivity index (χ2v) is 9.18. The van der Waals surface area contributed by atoms with Crippen molar-refractivity contribution in [3.8, 4) is 5.75 Å². The molecule has 3 heterocycles. The number of aliphatic hydroxyl groups is 1. The number of hydrogen-bond donors (Lipinski definition) is 2. The van der Waals surface area contributed by atoms with Gasteiger partial charge in [0.1, 0.15) is 29.1 Å². The van der Waals surface area contributed by atoms with Crippen molar-refractivity contribution in [1.82, 2.24) is 20.2 Å². The topological polar surface area (TPSA) is 104 Å². The van der Waals surface area contributed by atoms with Gasteiger partial charge in [-0.25, -0.2) is 5.01 Å². The summed E-state index contributed by atoms with van der Waals surface area (Å²) < 4.78 is 5.96. The number of aromatic amines is 1. The zero-order valence-electron chi connectivity index (χ0n) is 17.0. The Hall–Kier alpha value is -3.21. The second-order valence-electron chi connectivity index (χ2n) is 7.13. The molecule has 32 heavy (non-hydrogen) atoms. The summed E-state index contributed by atoms with van der Waals surface area (Å²) in [5, 5.41) is 26.1. The number of hydrogen-bond acceptors (Lipinski definition) is 8. The van der Waals surface area contributed by atoms with Crippen molar-refractivity contribution in [3.05, 3.63) is 71.4 Å². The highest BCUT2D eigenvalue weighted by Gasteiger charge is 2.41. The van der Waals surface area contributed by atoms with Gasteiger partial charge in [0.25, 0.3) is 5.91 Å². The van der Waals surface area contributed by atoms with E-state index in [4.69, 9.17) is 4.74 Å². The first kappa shape index (κ1) is 20.7. The van der Waals surface area contributed by atoms with E-state index in [-0.39, 0.29) is 11.7 Å². The minimum absolute atomic E-state index is 0.138. The molecule has 2 aromatic heterocycles. The van der Waals surface area contributed by atoms with Gasteiger partial charge in [-0.15, -0.1) is 10.2 Å². The van der Waals surface area contributed by atoms with Crippen LogP contribution in [-0.2, 0) is 4.79 Å². The standard InChI is InChI=1S/C22H19N5O3S2/c1-30-14-8-6-13(7-9-14)20-21(29)19(16-10-23-17-5-3-2-4-15(16)17)26-27(20)18(28)11-31-22-25-24-12-32-22/h2-10,12,20-21,23,29H,11H2,1H3/t20-,21-/m0/s1. The van der Waals surface area contributed by atoms with Gasteiger partial charge in [-0.3, -0.25) is 4.79 Å². The summed E-state index contributed by atoms with van der Waals surface area (Å²) in [6, 6.07) is 14.5. The third-order valence-corrected chi connectivity index (χ3v) is 7.14. The molecule has 0 bridgehead atoms. The molecule has 1 amide bonds. The first-order chi connectivity index (χ1) is 15.7. The van der Waals surface area contributed by atoms with Gasteiger partial charge in [0, 0.05) is 22.7 Å². The number of methoxy groups -OCH3 is 1. The predicted octanol–water partition coefficient (Wildman–Crippen LogP) is 3.47. The van der Waals surface area contributed by atoms with Gasteiger partial charge in [0.2, 0.25) is 0 Å². The van der Waals surface area contributed by atoms with E-state index in [0.29, 0.717) is 15.8 Å². The summed E-state index contributed by atoms with van der Waals surface area (Å²) in [6.45, 7) is 0. The number of amides is 1. The quantitative estimate of drug-likeness (QED) is 0.423. The molecule has 0 aliphatic carbocycles. The molecular weight excluding hydrogens is 446 g/mol. The number of hydrazone groups is 1. The highest BCUT2D eigenvalue weighted by atomic mass is 32.2. The lowest BCUT2D eigenvalue weighted by Crippen LogP contribution is -2.34. The Kier molecular flexibility index (Phi) is 5.64. The molecule has 1 aliphatic heterocycles. The van der Waals surface area contributed by atoms with E-state index < -0.39 is 12.1 Å². The van der Waals surface area contributed by atoms with Crippen LogP contribution >= 0.6 is 23.1 Å². The molecule has 2 aromatic carbocycles. The average molecular weight is 466 g/mol. The lowest BCUT2D eigenvalue weighted by atomic mass is 9.95. The maximum atomic E-state index is 13.2. The number of ether oxygens (including phenoxy) is 1. The number of nitrogens with zero attached hydrogens (tertiary/aromatic N) is 4. The zero-order valence-corrected chi connectivity index (χ0v) is 18.6. The maximum Gasteiger partial charge on any atom is 0.253 e. The van der Waals surface area contributed by atoms with Crippen LogP contribution in [0.5, 0.6) is 5.75 Å². The number of fused-ring (bicyclic) bond motifs is 1. The van der Waals surface area contributed by atoms with Crippen LogP contribution in [0.3, 0.4) is 0 Å². The highest BCUT2D eigenvalue weighted by molar-refractivity contribution is 8.01. The fraction of sp³-hybridized carbons (Fsp3) is 0.182. The van der Waals surface area contributed by atoms with E-state index in [1.165, 1.54) is 28.1 Å². The van der Waals surface area contributed by atoms with E-state index in [0.717, 1.165) is 22.0 Å². The summed E-state index contributed by atoms with van der Waals surface area (Å²) in [7, 11) is 1.60. The van der Waals surface area contributed by atoms with E-state index in [1.807, 2.05) is 54.7 Å². The van der Waals surface area contributed by atoms with Crippen LogP contribution < -0.4 is 4.74 Å². The number of carbonyl (C=O) groups excluding carboxylic acids is 1. The van der Waals surface area contributed by atoms with Crippen LogP contribution in [-0.4, -0.2) is 55.9 Å². The molecule has 8 nitrogen and oxygen atoms in total. The predicted molar refractivity (Wildman–Crippen MR) is 124 cm³/mol. The summed E-state index contributed by atoms with van der Waals surface area (Å²) in [4.78, 5) is 16.4. The van der Waals surface area contributed by atoms with Gasteiger partial charge in [-0.1, -0.05) is 53.4 Å². The maximum absolute atomic E-state index is 13.2. The van der Waals surface area contributed by atoms with Crippen molar-refractivity contribution >= 4 is 45.6 Å². The number of nitrogens with one attached hydrogen (secondary N) is 1. The highest BCUT2D eigenvalue weighted by Crippen LogP contribution is 2.36. The lowest BCUT2D eigenvalue weighted by molar-refractivity contribution is -0.131. The third-order valence-electron chi connectivity index (χ3n) is 5.30. The number of aliphatic hydroxyl groups excluding tert-OH is 1. The minimum Gasteiger partial charge on any atom is -0.497 e. The van der Waals surface area contributed by atoms with Crippen LogP contribution in [0.15, 0.2) is 69.7 Å². The first-order valence-electron chi connectivity index (χ1n) is 9.83. The van der Waals surface area contributed by atoms with Crippen LogP contribution in [0, 0.1) is 0 Å². The van der Waals surface area contributed by atoms with Crippen LogP contribution in [0.25, 0.3) is 10.9 Å².